The summed E-state index contributed by atoms with van der Waals surface area (Å²) in [5.74, 6) is 0.125. The zero-order valence-electron chi connectivity index (χ0n) is 19.0. The molecule has 0 saturated carbocycles. The van der Waals surface area contributed by atoms with Gasteiger partial charge >= 0.3 is 0 Å². The molecule has 1 N–H and O–H groups in total. The molecule has 0 radical (unpaired) electrons. The fourth-order valence-electron chi connectivity index (χ4n) is 3.80. The van der Waals surface area contributed by atoms with E-state index in [0.717, 1.165) is 33.9 Å². The second-order valence-corrected chi connectivity index (χ2v) is 9.17. The third-order valence-corrected chi connectivity index (χ3v) is 6.62. The first-order valence-corrected chi connectivity index (χ1v) is 11.7. The number of rotatable bonds is 8. The Hall–Kier alpha value is -2.29. The summed E-state index contributed by atoms with van der Waals surface area (Å²) < 4.78 is 0. The normalized spacial score (nSPS) is 14.8. The van der Waals surface area contributed by atoms with Crippen LogP contribution in [-0.2, 0) is 22.6 Å². The van der Waals surface area contributed by atoms with Crippen molar-refractivity contribution in [1.29, 1.82) is 0 Å². The molecule has 0 bridgehead atoms. The monoisotopic (exact) mass is 443 g/mol. The number of aryl methyl sites for hydroxylation is 3. The lowest BCUT2D eigenvalue weighted by molar-refractivity contribution is -0.134. The predicted molar refractivity (Wildman–Crippen MR) is 125 cm³/mol. The molecule has 8 heteroatoms. The fourth-order valence-corrected chi connectivity index (χ4v) is 4.53. The molecule has 1 aromatic carbocycles. The van der Waals surface area contributed by atoms with Crippen LogP contribution < -0.4 is 5.32 Å². The molecule has 0 aliphatic carbocycles. The maximum absolute atomic E-state index is 12.7. The molecule has 31 heavy (non-hydrogen) atoms. The quantitative estimate of drug-likeness (QED) is 0.679. The highest BCUT2D eigenvalue weighted by Gasteiger charge is 2.23. The van der Waals surface area contributed by atoms with Crippen LogP contribution >= 0.6 is 11.3 Å². The summed E-state index contributed by atoms with van der Waals surface area (Å²) in [6.45, 7) is 10.2. The zero-order valence-corrected chi connectivity index (χ0v) is 19.8. The van der Waals surface area contributed by atoms with Crippen LogP contribution in [0.4, 0.5) is 5.69 Å². The number of anilines is 1. The maximum Gasteiger partial charge on any atom is 0.238 e. The number of likely N-dealkylation sites (N-methyl/N-ethyl adjacent to an activating group) is 1. The van der Waals surface area contributed by atoms with E-state index in [0.29, 0.717) is 45.8 Å². The van der Waals surface area contributed by atoms with Gasteiger partial charge < -0.3 is 10.2 Å². The van der Waals surface area contributed by atoms with Gasteiger partial charge in [0, 0.05) is 43.8 Å². The molecule has 0 atom stereocenters. The van der Waals surface area contributed by atoms with Crippen molar-refractivity contribution in [2.24, 2.45) is 0 Å². The molecule has 0 unspecified atom stereocenters. The van der Waals surface area contributed by atoms with Gasteiger partial charge in [0.2, 0.25) is 11.8 Å². The second kappa shape index (κ2) is 10.8. The molecule has 1 aromatic heterocycles. The molecule has 2 aromatic rings. The van der Waals surface area contributed by atoms with Crippen LogP contribution in [-0.4, -0.2) is 77.8 Å². The summed E-state index contributed by atoms with van der Waals surface area (Å²) in [5, 5.41) is 6.25. The van der Waals surface area contributed by atoms with Gasteiger partial charge in [-0.3, -0.25) is 19.4 Å². The van der Waals surface area contributed by atoms with Gasteiger partial charge in [0.25, 0.3) is 0 Å². The lowest BCUT2D eigenvalue weighted by atomic mass is 10.1. The highest BCUT2D eigenvalue weighted by molar-refractivity contribution is 7.09. The highest BCUT2D eigenvalue weighted by atomic mass is 32.1. The Morgan fingerprint density at radius 1 is 1.16 bits per heavy atom. The highest BCUT2D eigenvalue weighted by Crippen LogP contribution is 2.19. The van der Waals surface area contributed by atoms with E-state index in [1.54, 1.807) is 11.3 Å². The standard InChI is InChI=1S/C23H33N5O2S/c1-5-21-24-19(16-31-21)13-26(4)15-22(30)28-11-9-27(10-12-28)14-20(29)25-23-17(2)7-6-8-18(23)3/h6-8,16H,5,9-15H2,1-4H3,(H,25,29). The van der Waals surface area contributed by atoms with Crippen molar-refractivity contribution in [2.45, 2.75) is 33.7 Å². The Morgan fingerprint density at radius 3 is 2.45 bits per heavy atom. The van der Waals surface area contributed by atoms with Crippen LogP contribution in [0.1, 0.15) is 28.8 Å². The number of hydrogen-bond donors (Lipinski definition) is 1. The van der Waals surface area contributed by atoms with E-state index in [1.165, 1.54) is 0 Å². The van der Waals surface area contributed by atoms with Crippen LogP contribution in [0.2, 0.25) is 0 Å². The lowest BCUT2D eigenvalue weighted by Crippen LogP contribution is -2.52. The van der Waals surface area contributed by atoms with Crippen LogP contribution in [0.5, 0.6) is 0 Å². The number of benzene rings is 1. The molecule has 1 aliphatic heterocycles. The molecule has 3 rings (SSSR count). The Kier molecular flexibility index (Phi) is 8.17. The number of nitrogens with zero attached hydrogens (tertiary/aromatic N) is 4. The summed E-state index contributed by atoms with van der Waals surface area (Å²) >= 11 is 1.67. The van der Waals surface area contributed by atoms with E-state index in [1.807, 2.05) is 48.9 Å². The Bertz CT molecular complexity index is 885. The molecule has 2 heterocycles. The maximum atomic E-state index is 12.7. The Labute approximate surface area is 189 Å². The number of carbonyl (C=O) groups excluding carboxylic acids is 2. The second-order valence-electron chi connectivity index (χ2n) is 8.23. The molecule has 2 amide bonds. The van der Waals surface area contributed by atoms with Crippen molar-refractivity contribution < 1.29 is 9.59 Å². The molecule has 1 saturated heterocycles. The number of nitrogens with one attached hydrogen (secondary N) is 1. The molecule has 168 valence electrons. The van der Waals surface area contributed by atoms with Gasteiger partial charge in [0.15, 0.2) is 0 Å². The predicted octanol–water partition coefficient (Wildman–Crippen LogP) is 2.54. The van der Waals surface area contributed by atoms with E-state index in [2.05, 4.69) is 27.5 Å². The van der Waals surface area contributed by atoms with Gasteiger partial charge in [-0.2, -0.15) is 0 Å². The molecule has 1 fully saturated rings. The fraction of sp³-hybridized carbons (Fsp3) is 0.522. The largest absolute Gasteiger partial charge is 0.339 e. The minimum absolute atomic E-state index is 0.00776. The van der Waals surface area contributed by atoms with Gasteiger partial charge in [-0.1, -0.05) is 25.1 Å². The summed E-state index contributed by atoms with van der Waals surface area (Å²) in [5.41, 5.74) is 4.06. The third-order valence-electron chi connectivity index (χ3n) is 5.58. The van der Waals surface area contributed by atoms with Crippen molar-refractivity contribution in [3.05, 3.63) is 45.4 Å². The molecule has 7 nitrogen and oxygen atoms in total. The van der Waals surface area contributed by atoms with Crippen molar-refractivity contribution >= 4 is 28.8 Å². The first-order chi connectivity index (χ1) is 14.9. The number of hydrogen-bond acceptors (Lipinski definition) is 6. The number of carbonyl (C=O) groups is 2. The molecule has 0 spiro atoms. The first kappa shape index (κ1) is 23.4. The smallest absolute Gasteiger partial charge is 0.238 e. The van der Waals surface area contributed by atoms with Crippen molar-refractivity contribution in [1.82, 2.24) is 19.7 Å². The number of thiazole rings is 1. The molecular weight excluding hydrogens is 410 g/mol. The average Bonchev–Trinajstić information content (AvgIpc) is 3.18. The molecule has 1 aliphatic rings. The minimum Gasteiger partial charge on any atom is -0.339 e. The number of aromatic nitrogens is 1. The topological polar surface area (TPSA) is 68.8 Å². The minimum atomic E-state index is -0.00776. The van der Waals surface area contributed by atoms with Crippen LogP contribution in [0.3, 0.4) is 0 Å². The molecular formula is C23H33N5O2S. The van der Waals surface area contributed by atoms with E-state index in [9.17, 15) is 9.59 Å². The number of amides is 2. The number of para-hydroxylation sites is 1. The van der Waals surface area contributed by atoms with Crippen molar-refractivity contribution in [3.63, 3.8) is 0 Å². The van der Waals surface area contributed by atoms with Gasteiger partial charge in [0.1, 0.15) is 0 Å². The zero-order chi connectivity index (χ0) is 22.4. The SMILES string of the molecule is CCc1nc(CN(C)CC(=O)N2CCN(CC(=O)Nc3c(C)cccc3C)CC2)cs1. The summed E-state index contributed by atoms with van der Waals surface area (Å²) in [7, 11) is 1.96. The Morgan fingerprint density at radius 2 is 1.84 bits per heavy atom. The summed E-state index contributed by atoms with van der Waals surface area (Å²) in [6.07, 6.45) is 0.945. The van der Waals surface area contributed by atoms with Gasteiger partial charge in [0.05, 0.1) is 23.8 Å². The van der Waals surface area contributed by atoms with Crippen LogP contribution in [0.15, 0.2) is 23.6 Å². The lowest BCUT2D eigenvalue weighted by Gasteiger charge is -2.35. The van der Waals surface area contributed by atoms with E-state index < -0.39 is 0 Å². The van der Waals surface area contributed by atoms with Crippen molar-refractivity contribution in [3.8, 4) is 0 Å². The average molecular weight is 444 g/mol. The van der Waals surface area contributed by atoms with Gasteiger partial charge in [-0.05, 0) is 38.4 Å². The summed E-state index contributed by atoms with van der Waals surface area (Å²) in [4.78, 5) is 35.8. The first-order valence-electron chi connectivity index (χ1n) is 10.8. The van der Waals surface area contributed by atoms with E-state index >= 15 is 0 Å². The summed E-state index contributed by atoms with van der Waals surface area (Å²) in [6, 6.07) is 6.00. The Balaban J connectivity index is 1.41. The van der Waals surface area contributed by atoms with Crippen molar-refractivity contribution in [2.75, 3.05) is 51.6 Å². The van der Waals surface area contributed by atoms with E-state index in [4.69, 9.17) is 0 Å². The van der Waals surface area contributed by atoms with Crippen LogP contribution in [0.25, 0.3) is 0 Å². The van der Waals surface area contributed by atoms with Gasteiger partial charge in [-0.15, -0.1) is 11.3 Å². The van der Waals surface area contributed by atoms with Crippen LogP contribution in [0, 0.1) is 13.8 Å². The van der Waals surface area contributed by atoms with Gasteiger partial charge in [-0.25, -0.2) is 4.98 Å². The number of piperazine rings is 1. The van der Waals surface area contributed by atoms with E-state index in [-0.39, 0.29) is 11.8 Å². The third kappa shape index (κ3) is 6.59.